The maximum Gasteiger partial charge on any atom is 0.251 e. The molecule has 1 saturated heterocycles. The molecular weight excluding hydrogens is 348 g/mol. The Morgan fingerprint density at radius 2 is 1.71 bits per heavy atom. The standard InChI is InChI=1S/C23H24N4O/c28-23(24-17-18-8-3-1-4-9-18)20-11-7-10-19(16-20)21-12-13-22(26-25-21)27-14-5-2-6-15-27/h1,3-4,7-13,16H,2,5-6,14-15,17H2,(H,24,28). The second-order valence-corrected chi connectivity index (χ2v) is 7.07. The molecule has 5 nitrogen and oxygen atoms in total. The van der Waals surface area contributed by atoms with E-state index in [2.05, 4.69) is 20.4 Å². The van der Waals surface area contributed by atoms with E-state index in [-0.39, 0.29) is 5.91 Å². The lowest BCUT2D eigenvalue weighted by Gasteiger charge is -2.27. The van der Waals surface area contributed by atoms with Crippen LogP contribution >= 0.6 is 0 Å². The Morgan fingerprint density at radius 3 is 2.46 bits per heavy atom. The van der Waals surface area contributed by atoms with Crippen molar-refractivity contribution in [3.63, 3.8) is 0 Å². The SMILES string of the molecule is O=C(NCc1ccccc1)c1cccc(-c2ccc(N3CCCCC3)nn2)c1. The Bertz CT molecular complexity index is 919. The smallest absolute Gasteiger partial charge is 0.251 e. The molecule has 1 fully saturated rings. The zero-order valence-electron chi connectivity index (χ0n) is 15.8. The van der Waals surface area contributed by atoms with E-state index in [1.807, 2.05) is 66.7 Å². The van der Waals surface area contributed by atoms with E-state index in [0.717, 1.165) is 35.7 Å². The maximum absolute atomic E-state index is 12.5. The molecular formula is C23H24N4O. The molecule has 1 N–H and O–H groups in total. The Balaban J connectivity index is 1.44. The van der Waals surface area contributed by atoms with Gasteiger partial charge in [0.15, 0.2) is 5.82 Å². The summed E-state index contributed by atoms with van der Waals surface area (Å²) in [6.45, 7) is 2.60. The topological polar surface area (TPSA) is 58.1 Å². The number of benzene rings is 2. The van der Waals surface area contributed by atoms with Crippen molar-refractivity contribution >= 4 is 11.7 Å². The summed E-state index contributed by atoms with van der Waals surface area (Å²) in [4.78, 5) is 14.8. The molecule has 0 unspecified atom stereocenters. The second-order valence-electron chi connectivity index (χ2n) is 7.07. The number of hydrogen-bond donors (Lipinski definition) is 1. The van der Waals surface area contributed by atoms with Crippen LogP contribution < -0.4 is 10.2 Å². The molecule has 3 aromatic rings. The zero-order chi connectivity index (χ0) is 19.2. The van der Waals surface area contributed by atoms with Crippen LogP contribution in [-0.4, -0.2) is 29.2 Å². The molecule has 0 aliphatic carbocycles. The molecule has 0 bridgehead atoms. The fraction of sp³-hybridized carbons (Fsp3) is 0.261. The molecule has 142 valence electrons. The molecule has 1 aliphatic heterocycles. The summed E-state index contributed by atoms with van der Waals surface area (Å²) in [5, 5.41) is 11.8. The Hall–Kier alpha value is -3.21. The average molecular weight is 372 g/mol. The first-order valence-corrected chi connectivity index (χ1v) is 9.81. The number of carbonyl (C=O) groups excluding carboxylic acids is 1. The van der Waals surface area contributed by atoms with Crippen molar-refractivity contribution in [1.29, 1.82) is 0 Å². The summed E-state index contributed by atoms with van der Waals surface area (Å²) < 4.78 is 0. The van der Waals surface area contributed by atoms with Crippen LogP contribution in [0, 0.1) is 0 Å². The summed E-state index contributed by atoms with van der Waals surface area (Å²) in [6, 6.07) is 21.4. The summed E-state index contributed by atoms with van der Waals surface area (Å²) in [5.41, 5.74) is 3.37. The fourth-order valence-electron chi connectivity index (χ4n) is 3.47. The molecule has 5 heteroatoms. The van der Waals surface area contributed by atoms with Crippen molar-refractivity contribution in [3.8, 4) is 11.3 Å². The van der Waals surface area contributed by atoms with Gasteiger partial charge < -0.3 is 10.2 Å². The molecule has 0 radical (unpaired) electrons. The van der Waals surface area contributed by atoms with Gasteiger partial charge in [-0.3, -0.25) is 4.79 Å². The van der Waals surface area contributed by atoms with Gasteiger partial charge in [0.2, 0.25) is 0 Å². The first-order valence-electron chi connectivity index (χ1n) is 9.81. The van der Waals surface area contributed by atoms with Crippen LogP contribution in [0.4, 0.5) is 5.82 Å². The third kappa shape index (κ3) is 4.36. The average Bonchev–Trinajstić information content (AvgIpc) is 2.79. The van der Waals surface area contributed by atoms with Crippen LogP contribution in [0.15, 0.2) is 66.7 Å². The van der Waals surface area contributed by atoms with Crippen molar-refractivity contribution in [2.75, 3.05) is 18.0 Å². The van der Waals surface area contributed by atoms with E-state index in [1.54, 1.807) is 0 Å². The number of nitrogens with zero attached hydrogens (tertiary/aromatic N) is 3. The van der Waals surface area contributed by atoms with Crippen LogP contribution in [-0.2, 0) is 6.54 Å². The lowest BCUT2D eigenvalue weighted by atomic mass is 10.1. The highest BCUT2D eigenvalue weighted by molar-refractivity contribution is 5.95. The van der Waals surface area contributed by atoms with Gasteiger partial charge in [-0.05, 0) is 49.1 Å². The Morgan fingerprint density at radius 1 is 0.893 bits per heavy atom. The highest BCUT2D eigenvalue weighted by Crippen LogP contribution is 2.21. The molecule has 0 atom stereocenters. The van der Waals surface area contributed by atoms with Crippen LogP contribution in [0.25, 0.3) is 11.3 Å². The number of anilines is 1. The number of rotatable bonds is 5. The fourth-order valence-corrected chi connectivity index (χ4v) is 3.47. The molecule has 0 saturated carbocycles. The molecule has 1 aromatic heterocycles. The number of piperidine rings is 1. The Labute approximate surface area is 165 Å². The number of hydrogen-bond acceptors (Lipinski definition) is 4. The number of amides is 1. The first kappa shape index (κ1) is 18.2. The van der Waals surface area contributed by atoms with Gasteiger partial charge in [-0.2, -0.15) is 0 Å². The lowest BCUT2D eigenvalue weighted by molar-refractivity contribution is 0.0951. The van der Waals surface area contributed by atoms with Gasteiger partial charge in [0.05, 0.1) is 5.69 Å². The summed E-state index contributed by atoms with van der Waals surface area (Å²) >= 11 is 0. The van der Waals surface area contributed by atoms with Crippen molar-refractivity contribution in [3.05, 3.63) is 77.9 Å². The largest absolute Gasteiger partial charge is 0.355 e. The monoisotopic (exact) mass is 372 g/mol. The van der Waals surface area contributed by atoms with Crippen molar-refractivity contribution < 1.29 is 4.79 Å². The van der Waals surface area contributed by atoms with Crippen molar-refractivity contribution in [2.45, 2.75) is 25.8 Å². The van der Waals surface area contributed by atoms with E-state index in [9.17, 15) is 4.79 Å². The van der Waals surface area contributed by atoms with Crippen LogP contribution in [0.5, 0.6) is 0 Å². The third-order valence-corrected chi connectivity index (χ3v) is 5.05. The summed E-state index contributed by atoms with van der Waals surface area (Å²) in [5.74, 6) is 0.837. The van der Waals surface area contributed by atoms with Crippen LogP contribution in [0.1, 0.15) is 35.2 Å². The van der Waals surface area contributed by atoms with Crippen LogP contribution in [0.3, 0.4) is 0 Å². The predicted molar refractivity (Wildman–Crippen MR) is 111 cm³/mol. The van der Waals surface area contributed by atoms with Crippen molar-refractivity contribution in [1.82, 2.24) is 15.5 Å². The highest BCUT2D eigenvalue weighted by Gasteiger charge is 2.13. The van der Waals surface area contributed by atoms with Crippen molar-refractivity contribution in [2.24, 2.45) is 0 Å². The Kier molecular flexibility index (Phi) is 5.61. The van der Waals surface area contributed by atoms with E-state index in [0.29, 0.717) is 12.1 Å². The minimum Gasteiger partial charge on any atom is -0.355 e. The van der Waals surface area contributed by atoms with Gasteiger partial charge in [-0.25, -0.2) is 0 Å². The molecule has 2 aromatic carbocycles. The maximum atomic E-state index is 12.5. The third-order valence-electron chi connectivity index (χ3n) is 5.05. The van der Waals surface area contributed by atoms with Gasteiger partial charge in [0, 0.05) is 30.8 Å². The first-order chi connectivity index (χ1) is 13.8. The van der Waals surface area contributed by atoms with Crippen LogP contribution in [0.2, 0.25) is 0 Å². The number of aromatic nitrogens is 2. The predicted octanol–water partition coefficient (Wildman–Crippen LogP) is 4.06. The second kappa shape index (κ2) is 8.65. The zero-order valence-corrected chi connectivity index (χ0v) is 15.8. The highest BCUT2D eigenvalue weighted by atomic mass is 16.1. The molecule has 2 heterocycles. The van der Waals surface area contributed by atoms with Gasteiger partial charge >= 0.3 is 0 Å². The normalized spacial score (nSPS) is 13.9. The quantitative estimate of drug-likeness (QED) is 0.734. The molecule has 4 rings (SSSR count). The molecule has 0 spiro atoms. The van der Waals surface area contributed by atoms with E-state index in [4.69, 9.17) is 0 Å². The van der Waals surface area contributed by atoms with Gasteiger partial charge in [-0.15, -0.1) is 10.2 Å². The molecule has 1 amide bonds. The van der Waals surface area contributed by atoms with E-state index >= 15 is 0 Å². The minimum absolute atomic E-state index is 0.0939. The van der Waals surface area contributed by atoms with Gasteiger partial charge in [-0.1, -0.05) is 42.5 Å². The number of nitrogens with one attached hydrogen (secondary N) is 1. The number of carbonyl (C=O) groups is 1. The van der Waals surface area contributed by atoms with E-state index < -0.39 is 0 Å². The van der Waals surface area contributed by atoms with E-state index in [1.165, 1.54) is 19.3 Å². The van der Waals surface area contributed by atoms with Gasteiger partial charge in [0.25, 0.3) is 5.91 Å². The lowest BCUT2D eigenvalue weighted by Crippen LogP contribution is -2.30. The molecule has 1 aliphatic rings. The molecule has 28 heavy (non-hydrogen) atoms. The summed E-state index contributed by atoms with van der Waals surface area (Å²) in [7, 11) is 0. The summed E-state index contributed by atoms with van der Waals surface area (Å²) in [6.07, 6.45) is 3.72. The van der Waals surface area contributed by atoms with Gasteiger partial charge in [0.1, 0.15) is 0 Å². The minimum atomic E-state index is -0.0939.